The second-order valence-corrected chi connectivity index (χ2v) is 5.42. The van der Waals surface area contributed by atoms with Crippen molar-refractivity contribution < 1.29 is 19.5 Å². The summed E-state index contributed by atoms with van der Waals surface area (Å²) in [4.78, 5) is 34.3. The molecule has 0 bridgehead atoms. The van der Waals surface area contributed by atoms with E-state index < -0.39 is 24.0 Å². The van der Waals surface area contributed by atoms with Crippen molar-refractivity contribution in [1.29, 1.82) is 0 Å². The zero-order chi connectivity index (χ0) is 15.7. The zero-order valence-electron chi connectivity index (χ0n) is 12.7. The predicted molar refractivity (Wildman–Crippen MR) is 76.2 cm³/mol. The number of carbonyl (C=O) groups excluding carboxylic acids is 2. The first kappa shape index (κ1) is 18.4. The molecule has 0 aliphatic rings. The average Bonchev–Trinajstić information content (AvgIpc) is 2.31. The number of unbranched alkanes of at least 4 members (excludes halogenated alkanes) is 1. The zero-order valence-corrected chi connectivity index (χ0v) is 12.7. The van der Waals surface area contributed by atoms with E-state index in [1.807, 2.05) is 20.8 Å². The third-order valence-corrected chi connectivity index (χ3v) is 2.86. The SMILES string of the molecule is CCCCC(NC(=O)C(CC(C)C)NC(C)=O)C(=O)O. The predicted octanol–water partition coefficient (Wildman–Crippen LogP) is 1.30. The van der Waals surface area contributed by atoms with Crippen molar-refractivity contribution in [1.82, 2.24) is 10.6 Å². The van der Waals surface area contributed by atoms with Crippen LogP contribution in [-0.4, -0.2) is 35.0 Å². The lowest BCUT2D eigenvalue weighted by molar-refractivity contribution is -0.142. The summed E-state index contributed by atoms with van der Waals surface area (Å²) in [7, 11) is 0. The first-order valence-corrected chi connectivity index (χ1v) is 7.08. The molecule has 0 fully saturated rings. The minimum Gasteiger partial charge on any atom is -0.480 e. The number of hydrogen-bond donors (Lipinski definition) is 3. The van der Waals surface area contributed by atoms with E-state index in [2.05, 4.69) is 10.6 Å². The Morgan fingerprint density at radius 3 is 2.10 bits per heavy atom. The van der Waals surface area contributed by atoms with Gasteiger partial charge in [-0.2, -0.15) is 0 Å². The summed E-state index contributed by atoms with van der Waals surface area (Å²) in [6, 6.07) is -1.58. The van der Waals surface area contributed by atoms with E-state index in [9.17, 15) is 14.4 Å². The topological polar surface area (TPSA) is 95.5 Å². The molecule has 2 amide bonds. The number of amides is 2. The molecule has 2 atom stereocenters. The fourth-order valence-corrected chi connectivity index (χ4v) is 1.89. The highest BCUT2D eigenvalue weighted by molar-refractivity contribution is 5.89. The number of carboxylic acid groups (broad SMARTS) is 1. The molecule has 116 valence electrons. The van der Waals surface area contributed by atoms with Crippen LogP contribution in [-0.2, 0) is 14.4 Å². The van der Waals surface area contributed by atoms with Gasteiger partial charge in [-0.05, 0) is 18.8 Å². The van der Waals surface area contributed by atoms with Crippen molar-refractivity contribution in [3.05, 3.63) is 0 Å². The highest BCUT2D eigenvalue weighted by atomic mass is 16.4. The van der Waals surface area contributed by atoms with Crippen LogP contribution >= 0.6 is 0 Å². The van der Waals surface area contributed by atoms with E-state index in [0.29, 0.717) is 12.8 Å². The van der Waals surface area contributed by atoms with Crippen molar-refractivity contribution in [2.45, 2.75) is 65.5 Å². The van der Waals surface area contributed by atoms with Crippen LogP contribution < -0.4 is 10.6 Å². The molecular formula is C14H26N2O4. The number of nitrogens with one attached hydrogen (secondary N) is 2. The van der Waals surface area contributed by atoms with E-state index >= 15 is 0 Å². The summed E-state index contributed by atoms with van der Waals surface area (Å²) >= 11 is 0. The Morgan fingerprint density at radius 1 is 1.10 bits per heavy atom. The molecule has 0 aliphatic carbocycles. The highest BCUT2D eigenvalue weighted by Crippen LogP contribution is 2.07. The molecule has 0 rings (SSSR count). The van der Waals surface area contributed by atoms with Gasteiger partial charge >= 0.3 is 5.97 Å². The normalized spacial score (nSPS) is 13.7. The highest BCUT2D eigenvalue weighted by Gasteiger charge is 2.25. The van der Waals surface area contributed by atoms with E-state index in [1.54, 1.807) is 0 Å². The molecule has 0 aromatic heterocycles. The Labute approximate surface area is 120 Å². The van der Waals surface area contributed by atoms with Gasteiger partial charge in [0.05, 0.1) is 0 Å². The smallest absolute Gasteiger partial charge is 0.326 e. The third-order valence-electron chi connectivity index (χ3n) is 2.86. The lowest BCUT2D eigenvalue weighted by Gasteiger charge is -2.22. The van der Waals surface area contributed by atoms with Crippen molar-refractivity contribution in [2.24, 2.45) is 5.92 Å². The van der Waals surface area contributed by atoms with Gasteiger partial charge in [-0.1, -0.05) is 33.6 Å². The monoisotopic (exact) mass is 286 g/mol. The molecule has 0 aromatic rings. The molecule has 6 nitrogen and oxygen atoms in total. The Morgan fingerprint density at radius 2 is 1.70 bits per heavy atom. The molecule has 20 heavy (non-hydrogen) atoms. The molecule has 0 saturated carbocycles. The number of rotatable bonds is 9. The summed E-state index contributed by atoms with van der Waals surface area (Å²) in [5, 5.41) is 14.2. The molecule has 0 aromatic carbocycles. The maximum Gasteiger partial charge on any atom is 0.326 e. The van der Waals surface area contributed by atoms with Crippen LogP contribution in [0.2, 0.25) is 0 Å². The second kappa shape index (κ2) is 9.34. The first-order chi connectivity index (χ1) is 9.27. The Kier molecular flexibility index (Phi) is 8.59. The lowest BCUT2D eigenvalue weighted by atomic mass is 10.0. The van der Waals surface area contributed by atoms with Gasteiger partial charge in [0.1, 0.15) is 12.1 Å². The minimum absolute atomic E-state index is 0.219. The third kappa shape index (κ3) is 7.76. The standard InChI is InChI=1S/C14H26N2O4/c1-5-6-7-11(14(19)20)16-13(18)12(8-9(2)3)15-10(4)17/h9,11-12H,5-8H2,1-4H3,(H,15,17)(H,16,18)(H,19,20). The molecule has 0 aliphatic heterocycles. The van der Waals surface area contributed by atoms with Crippen LogP contribution in [0.1, 0.15) is 53.4 Å². The molecule has 0 radical (unpaired) electrons. The quantitative estimate of drug-likeness (QED) is 0.595. The molecule has 0 saturated heterocycles. The fourth-order valence-electron chi connectivity index (χ4n) is 1.89. The van der Waals surface area contributed by atoms with Gasteiger partial charge in [0.15, 0.2) is 0 Å². The summed E-state index contributed by atoms with van der Waals surface area (Å²) < 4.78 is 0. The van der Waals surface area contributed by atoms with Gasteiger partial charge in [-0.15, -0.1) is 0 Å². The molecule has 0 heterocycles. The van der Waals surface area contributed by atoms with Crippen molar-refractivity contribution in [2.75, 3.05) is 0 Å². The maximum atomic E-state index is 12.1. The summed E-state index contributed by atoms with van der Waals surface area (Å²) in [6.45, 7) is 7.17. The van der Waals surface area contributed by atoms with Gasteiger partial charge in [0, 0.05) is 6.92 Å². The van der Waals surface area contributed by atoms with Crippen molar-refractivity contribution in [3.63, 3.8) is 0 Å². The molecular weight excluding hydrogens is 260 g/mol. The van der Waals surface area contributed by atoms with Crippen LogP contribution in [0.4, 0.5) is 0 Å². The Bertz CT molecular complexity index is 342. The largest absolute Gasteiger partial charge is 0.480 e. The van der Waals surface area contributed by atoms with E-state index in [0.717, 1.165) is 12.8 Å². The molecule has 3 N–H and O–H groups in total. The van der Waals surface area contributed by atoms with Gasteiger partial charge in [0.25, 0.3) is 0 Å². The van der Waals surface area contributed by atoms with Crippen molar-refractivity contribution >= 4 is 17.8 Å². The van der Waals surface area contributed by atoms with E-state index in [-0.39, 0.29) is 11.8 Å². The van der Waals surface area contributed by atoms with Gasteiger partial charge in [-0.25, -0.2) is 4.79 Å². The van der Waals surface area contributed by atoms with Crippen LogP contribution in [0.5, 0.6) is 0 Å². The van der Waals surface area contributed by atoms with E-state index in [4.69, 9.17) is 5.11 Å². The van der Waals surface area contributed by atoms with Crippen LogP contribution in [0, 0.1) is 5.92 Å². The van der Waals surface area contributed by atoms with Crippen LogP contribution in [0.15, 0.2) is 0 Å². The average molecular weight is 286 g/mol. The van der Waals surface area contributed by atoms with Crippen LogP contribution in [0.3, 0.4) is 0 Å². The number of hydrogen-bond acceptors (Lipinski definition) is 3. The summed E-state index contributed by atoms with van der Waals surface area (Å²) in [5.41, 5.74) is 0. The van der Waals surface area contributed by atoms with Gasteiger partial charge in [0.2, 0.25) is 11.8 Å². The number of carboxylic acids is 1. The van der Waals surface area contributed by atoms with E-state index in [1.165, 1.54) is 6.92 Å². The molecule has 0 spiro atoms. The number of carbonyl (C=O) groups is 3. The molecule has 2 unspecified atom stereocenters. The lowest BCUT2D eigenvalue weighted by Crippen LogP contribution is -2.51. The van der Waals surface area contributed by atoms with Crippen molar-refractivity contribution in [3.8, 4) is 0 Å². The Balaban J connectivity index is 4.68. The first-order valence-electron chi connectivity index (χ1n) is 7.08. The Hall–Kier alpha value is -1.59. The van der Waals surface area contributed by atoms with Gasteiger partial charge < -0.3 is 15.7 Å². The summed E-state index contributed by atoms with van der Waals surface area (Å²) in [5.74, 6) is -1.56. The fraction of sp³-hybridized carbons (Fsp3) is 0.786. The van der Waals surface area contributed by atoms with Crippen LogP contribution in [0.25, 0.3) is 0 Å². The maximum absolute atomic E-state index is 12.1. The summed E-state index contributed by atoms with van der Waals surface area (Å²) in [6.07, 6.45) is 2.46. The second-order valence-electron chi connectivity index (χ2n) is 5.42. The van der Waals surface area contributed by atoms with Gasteiger partial charge in [-0.3, -0.25) is 9.59 Å². The number of aliphatic carboxylic acids is 1. The molecule has 6 heteroatoms. The minimum atomic E-state index is -1.04.